The summed E-state index contributed by atoms with van der Waals surface area (Å²) in [5.41, 5.74) is 2.79. The zero-order chi connectivity index (χ0) is 23.9. The van der Waals surface area contributed by atoms with Crippen LogP contribution in [0.2, 0.25) is 0 Å². The number of aromatic nitrogens is 2. The normalized spacial score (nSPS) is 11.5. The molecule has 1 aromatic heterocycles. The molecule has 1 unspecified atom stereocenters. The summed E-state index contributed by atoms with van der Waals surface area (Å²) in [7, 11) is 0. The highest BCUT2D eigenvalue weighted by Crippen LogP contribution is 2.27. The summed E-state index contributed by atoms with van der Waals surface area (Å²) in [6.07, 6.45) is -0.992. The molecule has 8 nitrogen and oxygen atoms in total. The fourth-order valence-electron chi connectivity index (χ4n) is 3.21. The van der Waals surface area contributed by atoms with Crippen LogP contribution in [0.1, 0.15) is 29.0 Å². The molecule has 1 atom stereocenters. The van der Waals surface area contributed by atoms with Crippen LogP contribution in [0.5, 0.6) is 5.75 Å². The Hall–Kier alpha value is -4.46. The molecular formula is C26H23N3O5. The maximum atomic E-state index is 12.7. The molecule has 0 bridgehead atoms. The summed E-state index contributed by atoms with van der Waals surface area (Å²) in [4.78, 5) is 29.3. The van der Waals surface area contributed by atoms with E-state index in [1.165, 1.54) is 6.92 Å². The number of esters is 1. The lowest BCUT2D eigenvalue weighted by atomic mass is 10.0. The Labute approximate surface area is 196 Å². The number of hydrogen-bond donors (Lipinski definition) is 1. The standard InChI is InChI=1S/C26H23N3O5/c1-17(25(30)28-23-11-7-6-10-22(23)19-8-4-3-5-9-19)33-26(31)20-12-14-21(15-13-20)32-16-24-27-18(2)34-29-24/h3-15,17H,16H2,1-2H3,(H,28,30). The Bertz CT molecular complexity index is 1270. The predicted molar refractivity (Wildman–Crippen MR) is 125 cm³/mol. The van der Waals surface area contributed by atoms with Crippen LogP contribution >= 0.6 is 0 Å². The van der Waals surface area contributed by atoms with Crippen LogP contribution in [-0.4, -0.2) is 28.1 Å². The summed E-state index contributed by atoms with van der Waals surface area (Å²) in [5.74, 6) is 0.377. The fourth-order valence-corrected chi connectivity index (χ4v) is 3.21. The second-order valence-electron chi connectivity index (χ2n) is 7.49. The highest BCUT2D eigenvalue weighted by Gasteiger charge is 2.20. The van der Waals surface area contributed by atoms with Gasteiger partial charge in [0.05, 0.1) is 5.56 Å². The van der Waals surface area contributed by atoms with Gasteiger partial charge < -0.3 is 19.3 Å². The van der Waals surface area contributed by atoms with E-state index in [1.807, 2.05) is 54.6 Å². The van der Waals surface area contributed by atoms with Gasteiger partial charge in [-0.1, -0.05) is 53.7 Å². The minimum Gasteiger partial charge on any atom is -0.485 e. The molecule has 0 saturated carbocycles. The van der Waals surface area contributed by atoms with Crippen LogP contribution in [0.15, 0.2) is 83.4 Å². The summed E-state index contributed by atoms with van der Waals surface area (Å²) in [6.45, 7) is 3.37. The molecule has 0 fully saturated rings. The van der Waals surface area contributed by atoms with Gasteiger partial charge in [0, 0.05) is 18.2 Å². The van der Waals surface area contributed by atoms with E-state index in [9.17, 15) is 9.59 Å². The minimum atomic E-state index is -0.992. The third-order valence-electron chi connectivity index (χ3n) is 4.95. The number of nitrogens with zero attached hydrogens (tertiary/aromatic N) is 2. The van der Waals surface area contributed by atoms with Crippen molar-refractivity contribution in [2.45, 2.75) is 26.6 Å². The van der Waals surface area contributed by atoms with Crippen molar-refractivity contribution in [2.75, 3.05) is 5.32 Å². The number of benzene rings is 3. The summed E-state index contributed by atoms with van der Waals surface area (Å²) < 4.78 is 15.8. The molecule has 0 aliphatic heterocycles. The monoisotopic (exact) mass is 457 g/mol. The van der Waals surface area contributed by atoms with Gasteiger partial charge in [-0.05, 0) is 42.8 Å². The number of hydrogen-bond acceptors (Lipinski definition) is 7. The summed E-state index contributed by atoms with van der Waals surface area (Å²) in [6, 6.07) is 23.6. The number of amides is 1. The van der Waals surface area contributed by atoms with Crippen molar-refractivity contribution in [1.29, 1.82) is 0 Å². The molecule has 8 heteroatoms. The number of aryl methyl sites for hydroxylation is 1. The molecule has 3 aromatic carbocycles. The van der Waals surface area contributed by atoms with Crippen molar-refractivity contribution in [3.05, 3.63) is 96.1 Å². The smallest absolute Gasteiger partial charge is 0.338 e. The third kappa shape index (κ3) is 5.66. The van der Waals surface area contributed by atoms with E-state index in [2.05, 4.69) is 15.5 Å². The summed E-state index contributed by atoms with van der Waals surface area (Å²) >= 11 is 0. The fraction of sp³-hybridized carbons (Fsp3) is 0.154. The quantitative estimate of drug-likeness (QED) is 0.379. The van der Waals surface area contributed by atoms with E-state index in [0.29, 0.717) is 28.7 Å². The molecule has 0 aliphatic carbocycles. The van der Waals surface area contributed by atoms with Gasteiger partial charge >= 0.3 is 5.97 Å². The van der Waals surface area contributed by atoms with E-state index >= 15 is 0 Å². The van der Waals surface area contributed by atoms with Crippen molar-refractivity contribution < 1.29 is 23.6 Å². The van der Waals surface area contributed by atoms with Crippen LogP contribution in [0.4, 0.5) is 5.69 Å². The Balaban J connectivity index is 1.34. The molecule has 4 rings (SSSR count). The number of rotatable bonds is 8. The average Bonchev–Trinajstić information content (AvgIpc) is 3.29. The molecule has 34 heavy (non-hydrogen) atoms. The van der Waals surface area contributed by atoms with E-state index in [1.54, 1.807) is 31.2 Å². The lowest BCUT2D eigenvalue weighted by molar-refractivity contribution is -0.123. The van der Waals surface area contributed by atoms with Crippen LogP contribution in [0, 0.1) is 6.92 Å². The van der Waals surface area contributed by atoms with Gasteiger partial charge in [0.1, 0.15) is 5.75 Å². The largest absolute Gasteiger partial charge is 0.485 e. The number of anilines is 1. The lowest BCUT2D eigenvalue weighted by Gasteiger charge is -2.16. The van der Waals surface area contributed by atoms with E-state index < -0.39 is 18.0 Å². The van der Waals surface area contributed by atoms with Crippen LogP contribution in [0.25, 0.3) is 11.1 Å². The van der Waals surface area contributed by atoms with E-state index in [4.69, 9.17) is 14.0 Å². The van der Waals surface area contributed by atoms with E-state index in [-0.39, 0.29) is 6.61 Å². The number of nitrogens with one attached hydrogen (secondary N) is 1. The highest BCUT2D eigenvalue weighted by molar-refractivity contribution is 5.99. The Morgan fingerprint density at radius 3 is 2.38 bits per heavy atom. The zero-order valence-electron chi connectivity index (χ0n) is 18.7. The van der Waals surface area contributed by atoms with E-state index in [0.717, 1.165) is 11.1 Å². The number of carbonyl (C=O) groups is 2. The van der Waals surface area contributed by atoms with Crippen LogP contribution in [0.3, 0.4) is 0 Å². The number of ether oxygens (including phenoxy) is 2. The zero-order valence-corrected chi connectivity index (χ0v) is 18.7. The van der Waals surface area contributed by atoms with Gasteiger partial charge in [0.25, 0.3) is 5.91 Å². The second kappa shape index (κ2) is 10.4. The Morgan fingerprint density at radius 2 is 1.68 bits per heavy atom. The van der Waals surface area contributed by atoms with Crippen molar-refractivity contribution in [1.82, 2.24) is 10.1 Å². The molecular weight excluding hydrogens is 434 g/mol. The predicted octanol–water partition coefficient (Wildman–Crippen LogP) is 4.81. The molecule has 4 aromatic rings. The molecule has 1 N–H and O–H groups in total. The molecule has 0 radical (unpaired) electrons. The Morgan fingerprint density at radius 1 is 0.971 bits per heavy atom. The molecule has 0 spiro atoms. The van der Waals surface area contributed by atoms with Gasteiger partial charge in [-0.2, -0.15) is 4.98 Å². The second-order valence-corrected chi connectivity index (χ2v) is 7.49. The first-order valence-corrected chi connectivity index (χ1v) is 10.7. The molecule has 1 amide bonds. The summed E-state index contributed by atoms with van der Waals surface area (Å²) in [5, 5.41) is 6.61. The van der Waals surface area contributed by atoms with Crippen LogP contribution in [-0.2, 0) is 16.1 Å². The molecule has 0 saturated heterocycles. The number of para-hydroxylation sites is 1. The number of carbonyl (C=O) groups excluding carboxylic acids is 2. The van der Waals surface area contributed by atoms with Crippen molar-refractivity contribution in [3.8, 4) is 16.9 Å². The minimum absolute atomic E-state index is 0.142. The first-order valence-electron chi connectivity index (χ1n) is 10.7. The lowest BCUT2D eigenvalue weighted by Crippen LogP contribution is -2.30. The third-order valence-corrected chi connectivity index (χ3v) is 4.95. The van der Waals surface area contributed by atoms with Crippen molar-refractivity contribution >= 4 is 17.6 Å². The van der Waals surface area contributed by atoms with Crippen molar-refractivity contribution in [3.63, 3.8) is 0 Å². The topological polar surface area (TPSA) is 104 Å². The maximum Gasteiger partial charge on any atom is 0.338 e. The van der Waals surface area contributed by atoms with Crippen molar-refractivity contribution in [2.24, 2.45) is 0 Å². The molecule has 172 valence electrons. The first-order chi connectivity index (χ1) is 16.5. The highest BCUT2D eigenvalue weighted by atomic mass is 16.5. The van der Waals surface area contributed by atoms with Gasteiger partial charge in [-0.15, -0.1) is 0 Å². The van der Waals surface area contributed by atoms with Crippen LogP contribution < -0.4 is 10.1 Å². The van der Waals surface area contributed by atoms with Gasteiger partial charge in [0.15, 0.2) is 12.7 Å². The SMILES string of the molecule is Cc1nc(COc2ccc(C(=O)OC(C)C(=O)Nc3ccccc3-c3ccccc3)cc2)no1. The van der Waals surface area contributed by atoms with Gasteiger partial charge in [-0.3, -0.25) is 4.79 Å². The molecule has 1 heterocycles. The maximum absolute atomic E-state index is 12.7. The van der Waals surface area contributed by atoms with Gasteiger partial charge in [0.2, 0.25) is 11.7 Å². The molecule has 0 aliphatic rings. The first kappa shape index (κ1) is 22.7. The average molecular weight is 457 g/mol. The van der Waals surface area contributed by atoms with Gasteiger partial charge in [-0.25, -0.2) is 4.79 Å². The Kier molecular flexibility index (Phi) is 6.98.